The second-order valence-corrected chi connectivity index (χ2v) is 7.39. The first-order chi connectivity index (χ1) is 13.0. The molecule has 144 valence electrons. The molecule has 3 rings (SSSR count). The average molecular weight is 388 g/mol. The average Bonchev–Trinajstić information content (AvgIpc) is 3.12. The first-order valence-electron chi connectivity index (χ1n) is 9.10. The Balaban J connectivity index is 1.51. The predicted molar refractivity (Wildman–Crippen MR) is 108 cm³/mol. The lowest BCUT2D eigenvalue weighted by Crippen LogP contribution is -2.41. The fraction of sp³-hybridized carbons (Fsp3) is 0.421. The number of carbonyl (C=O) groups is 1. The van der Waals surface area contributed by atoms with Gasteiger partial charge in [-0.05, 0) is 19.8 Å². The monoisotopic (exact) mass is 387 g/mol. The number of likely N-dealkylation sites (tertiary alicyclic amines) is 1. The SMILES string of the molecule is CCOC(=O)CN1CCC(Nc2nc(-c3ccc(C(=N)N)cc3)cs2)CC1. The van der Waals surface area contributed by atoms with Crippen LogP contribution < -0.4 is 11.1 Å². The molecule has 2 aromatic rings. The highest BCUT2D eigenvalue weighted by Crippen LogP contribution is 2.26. The smallest absolute Gasteiger partial charge is 0.320 e. The fourth-order valence-corrected chi connectivity index (χ4v) is 3.89. The van der Waals surface area contributed by atoms with Crippen molar-refractivity contribution in [3.63, 3.8) is 0 Å². The molecular weight excluding hydrogens is 362 g/mol. The molecule has 1 saturated heterocycles. The van der Waals surface area contributed by atoms with Crippen molar-refractivity contribution in [3.8, 4) is 11.3 Å². The van der Waals surface area contributed by atoms with Gasteiger partial charge in [-0.3, -0.25) is 15.1 Å². The van der Waals surface area contributed by atoms with E-state index in [2.05, 4.69) is 15.2 Å². The molecule has 4 N–H and O–H groups in total. The van der Waals surface area contributed by atoms with Crippen LogP contribution in [0.15, 0.2) is 29.6 Å². The number of nitrogens with one attached hydrogen (secondary N) is 2. The Hall–Kier alpha value is -2.45. The van der Waals surface area contributed by atoms with Crippen LogP contribution in [0.5, 0.6) is 0 Å². The quantitative estimate of drug-likeness (QED) is 0.383. The van der Waals surface area contributed by atoms with Crippen molar-refractivity contribution in [2.24, 2.45) is 5.73 Å². The standard InChI is InChI=1S/C19H25N5O2S/c1-2-26-17(25)11-24-9-7-15(8-10-24)22-19-23-16(12-27-19)13-3-5-14(6-4-13)18(20)21/h3-6,12,15H,2,7-11H2,1H3,(H3,20,21)(H,22,23). The van der Waals surface area contributed by atoms with E-state index in [1.165, 1.54) is 0 Å². The second-order valence-electron chi connectivity index (χ2n) is 6.53. The maximum Gasteiger partial charge on any atom is 0.320 e. The van der Waals surface area contributed by atoms with Crippen LogP contribution in [0.25, 0.3) is 11.3 Å². The van der Waals surface area contributed by atoms with Gasteiger partial charge < -0.3 is 15.8 Å². The number of amidine groups is 1. The summed E-state index contributed by atoms with van der Waals surface area (Å²) in [5, 5.41) is 13.9. The minimum absolute atomic E-state index is 0.0662. The van der Waals surface area contributed by atoms with E-state index in [0.29, 0.717) is 24.8 Å². The molecule has 0 bridgehead atoms. The van der Waals surface area contributed by atoms with Crippen molar-refractivity contribution in [1.82, 2.24) is 9.88 Å². The van der Waals surface area contributed by atoms with Crippen molar-refractivity contribution in [2.45, 2.75) is 25.8 Å². The van der Waals surface area contributed by atoms with Crippen LogP contribution >= 0.6 is 11.3 Å². The van der Waals surface area contributed by atoms with E-state index in [1.807, 2.05) is 36.6 Å². The molecule has 1 aromatic heterocycles. The van der Waals surface area contributed by atoms with E-state index in [1.54, 1.807) is 11.3 Å². The van der Waals surface area contributed by atoms with Crippen LogP contribution in [-0.2, 0) is 9.53 Å². The molecule has 2 heterocycles. The molecule has 0 unspecified atom stereocenters. The number of esters is 1. The molecule has 8 heteroatoms. The van der Waals surface area contributed by atoms with Gasteiger partial charge in [-0.2, -0.15) is 0 Å². The number of nitrogens with two attached hydrogens (primary N) is 1. The van der Waals surface area contributed by atoms with Gasteiger partial charge in [0.15, 0.2) is 5.13 Å². The number of thiazole rings is 1. The Morgan fingerprint density at radius 2 is 2.07 bits per heavy atom. The number of nitrogen functional groups attached to an aromatic ring is 1. The van der Waals surface area contributed by atoms with Crippen LogP contribution in [-0.4, -0.2) is 54.0 Å². The number of carbonyl (C=O) groups excluding carboxylic acids is 1. The number of ether oxygens (including phenoxy) is 1. The first kappa shape index (κ1) is 19.3. The topological polar surface area (TPSA) is 104 Å². The van der Waals surface area contributed by atoms with E-state index in [0.717, 1.165) is 42.3 Å². The molecule has 27 heavy (non-hydrogen) atoms. The number of hydrogen-bond acceptors (Lipinski definition) is 7. The Labute approximate surface area is 163 Å². The van der Waals surface area contributed by atoms with Crippen LogP contribution in [0.3, 0.4) is 0 Å². The zero-order valence-electron chi connectivity index (χ0n) is 15.4. The molecule has 1 aromatic carbocycles. The number of aromatic nitrogens is 1. The van der Waals surface area contributed by atoms with Gasteiger partial charge in [0.25, 0.3) is 0 Å². The van der Waals surface area contributed by atoms with Crippen LogP contribution in [0.1, 0.15) is 25.3 Å². The molecule has 1 aliphatic rings. The molecule has 1 aliphatic heterocycles. The normalized spacial score (nSPS) is 15.4. The number of benzene rings is 1. The van der Waals surface area contributed by atoms with Gasteiger partial charge in [-0.1, -0.05) is 24.3 Å². The van der Waals surface area contributed by atoms with Gasteiger partial charge >= 0.3 is 5.97 Å². The van der Waals surface area contributed by atoms with Gasteiger partial charge in [0.2, 0.25) is 0 Å². The lowest BCUT2D eigenvalue weighted by atomic mass is 10.1. The molecule has 0 amide bonds. The lowest BCUT2D eigenvalue weighted by molar-refractivity contribution is -0.144. The van der Waals surface area contributed by atoms with E-state index in [9.17, 15) is 4.79 Å². The Kier molecular flexibility index (Phi) is 6.41. The minimum Gasteiger partial charge on any atom is -0.465 e. The molecule has 0 atom stereocenters. The van der Waals surface area contributed by atoms with Gasteiger partial charge in [0.05, 0.1) is 18.8 Å². The van der Waals surface area contributed by atoms with Gasteiger partial charge in [0.1, 0.15) is 5.84 Å². The highest BCUT2D eigenvalue weighted by atomic mass is 32.1. The Morgan fingerprint density at radius 1 is 1.37 bits per heavy atom. The van der Waals surface area contributed by atoms with Gasteiger partial charge in [-0.15, -0.1) is 11.3 Å². The molecule has 0 saturated carbocycles. The summed E-state index contributed by atoms with van der Waals surface area (Å²) in [5.74, 6) is -0.0826. The van der Waals surface area contributed by atoms with E-state index in [-0.39, 0.29) is 11.8 Å². The summed E-state index contributed by atoms with van der Waals surface area (Å²) >= 11 is 1.59. The minimum atomic E-state index is -0.149. The zero-order chi connectivity index (χ0) is 19.2. The van der Waals surface area contributed by atoms with E-state index in [4.69, 9.17) is 15.9 Å². The maximum absolute atomic E-state index is 11.6. The van der Waals surface area contributed by atoms with E-state index < -0.39 is 0 Å². The van der Waals surface area contributed by atoms with Gasteiger partial charge in [0, 0.05) is 35.6 Å². The summed E-state index contributed by atoms with van der Waals surface area (Å²) in [7, 11) is 0. The van der Waals surface area contributed by atoms with Gasteiger partial charge in [-0.25, -0.2) is 4.98 Å². The van der Waals surface area contributed by atoms with Crippen molar-refractivity contribution in [3.05, 3.63) is 35.2 Å². The largest absolute Gasteiger partial charge is 0.465 e. The van der Waals surface area contributed by atoms with Crippen molar-refractivity contribution >= 4 is 28.3 Å². The van der Waals surface area contributed by atoms with Crippen molar-refractivity contribution in [2.75, 3.05) is 31.6 Å². The van der Waals surface area contributed by atoms with Crippen molar-refractivity contribution < 1.29 is 9.53 Å². The summed E-state index contributed by atoms with van der Waals surface area (Å²) in [5.41, 5.74) is 8.12. The van der Waals surface area contributed by atoms with Crippen LogP contribution in [0.2, 0.25) is 0 Å². The van der Waals surface area contributed by atoms with Crippen molar-refractivity contribution in [1.29, 1.82) is 5.41 Å². The summed E-state index contributed by atoms with van der Waals surface area (Å²) < 4.78 is 5.01. The maximum atomic E-state index is 11.6. The van der Waals surface area contributed by atoms with Crippen LogP contribution in [0.4, 0.5) is 5.13 Å². The number of piperidine rings is 1. The molecule has 0 aliphatic carbocycles. The second kappa shape index (κ2) is 8.96. The number of hydrogen-bond donors (Lipinski definition) is 3. The molecule has 0 spiro atoms. The number of anilines is 1. The Morgan fingerprint density at radius 3 is 2.70 bits per heavy atom. The number of nitrogens with zero attached hydrogens (tertiary/aromatic N) is 2. The van der Waals surface area contributed by atoms with E-state index >= 15 is 0 Å². The lowest BCUT2D eigenvalue weighted by Gasteiger charge is -2.31. The third kappa shape index (κ3) is 5.27. The number of rotatable bonds is 7. The zero-order valence-corrected chi connectivity index (χ0v) is 16.2. The third-order valence-electron chi connectivity index (χ3n) is 4.57. The summed E-state index contributed by atoms with van der Waals surface area (Å²) in [6.45, 7) is 4.38. The molecular formula is C19H25N5O2S. The highest BCUT2D eigenvalue weighted by Gasteiger charge is 2.21. The third-order valence-corrected chi connectivity index (χ3v) is 5.34. The predicted octanol–water partition coefficient (Wildman–Crippen LogP) is 2.53. The van der Waals surface area contributed by atoms with Crippen LogP contribution in [0, 0.1) is 5.41 Å². The summed E-state index contributed by atoms with van der Waals surface area (Å²) in [4.78, 5) is 18.4. The highest BCUT2D eigenvalue weighted by molar-refractivity contribution is 7.14. The molecule has 0 radical (unpaired) electrons. The Bertz CT molecular complexity index is 782. The summed E-state index contributed by atoms with van der Waals surface area (Å²) in [6, 6.07) is 7.90. The summed E-state index contributed by atoms with van der Waals surface area (Å²) in [6.07, 6.45) is 1.95. The molecule has 1 fully saturated rings. The molecule has 7 nitrogen and oxygen atoms in total. The first-order valence-corrected chi connectivity index (χ1v) is 9.98. The fourth-order valence-electron chi connectivity index (χ4n) is 3.09.